The van der Waals surface area contributed by atoms with E-state index < -0.39 is 5.38 Å². The summed E-state index contributed by atoms with van der Waals surface area (Å²) in [6.45, 7) is 12.5. The van der Waals surface area contributed by atoms with Gasteiger partial charge in [0.15, 0.2) is 5.78 Å². The molecule has 1 aromatic carbocycles. The maximum atomic E-state index is 12.3. The van der Waals surface area contributed by atoms with Crippen molar-refractivity contribution in [1.82, 2.24) is 0 Å². The van der Waals surface area contributed by atoms with Gasteiger partial charge in [0.2, 0.25) is 0 Å². The predicted molar refractivity (Wildman–Crippen MR) is 80.7 cm³/mol. The van der Waals surface area contributed by atoms with Crippen molar-refractivity contribution in [3.63, 3.8) is 0 Å². The molecule has 3 heteroatoms. The van der Waals surface area contributed by atoms with Gasteiger partial charge in [-0.3, -0.25) is 4.79 Å². The molecule has 2 nitrogen and oxygen atoms in total. The van der Waals surface area contributed by atoms with E-state index in [9.17, 15) is 4.79 Å². The molecule has 0 amide bonds. The molecule has 19 heavy (non-hydrogen) atoms. The van der Waals surface area contributed by atoms with Crippen molar-refractivity contribution in [1.29, 1.82) is 0 Å². The van der Waals surface area contributed by atoms with Crippen molar-refractivity contribution in [2.45, 2.75) is 52.3 Å². The number of Topliss-reactive ketones (excluding diaryl/α,β-unsaturated/α-hetero) is 1. The van der Waals surface area contributed by atoms with E-state index in [2.05, 4.69) is 26.8 Å². The van der Waals surface area contributed by atoms with Crippen LogP contribution in [0.4, 0.5) is 0 Å². The SMILES string of the molecule is CCOc1c(C(=O)C(C)Cl)cc(C)cc1C(C)(C)C. The van der Waals surface area contributed by atoms with Crippen LogP contribution in [-0.2, 0) is 5.41 Å². The fourth-order valence-corrected chi connectivity index (χ4v) is 2.14. The highest BCUT2D eigenvalue weighted by Gasteiger charge is 2.26. The smallest absolute Gasteiger partial charge is 0.184 e. The summed E-state index contributed by atoms with van der Waals surface area (Å²) in [5.41, 5.74) is 2.61. The number of halogens is 1. The lowest BCUT2D eigenvalue weighted by molar-refractivity contribution is 0.0987. The standard InChI is InChI=1S/C16H23ClO2/c1-7-19-15-12(14(18)11(3)17)8-10(2)9-13(15)16(4,5)6/h8-9,11H,7H2,1-6H3. The number of rotatable bonds is 4. The molecule has 0 heterocycles. The summed E-state index contributed by atoms with van der Waals surface area (Å²) >= 11 is 5.95. The van der Waals surface area contributed by atoms with E-state index in [0.29, 0.717) is 17.9 Å². The lowest BCUT2D eigenvalue weighted by Crippen LogP contribution is -2.19. The first kappa shape index (κ1) is 16.0. The van der Waals surface area contributed by atoms with Gasteiger partial charge in [-0.2, -0.15) is 0 Å². The van der Waals surface area contributed by atoms with Gasteiger partial charge in [-0.05, 0) is 37.8 Å². The van der Waals surface area contributed by atoms with Crippen LogP contribution in [0.3, 0.4) is 0 Å². The van der Waals surface area contributed by atoms with Crippen molar-refractivity contribution in [2.24, 2.45) is 0 Å². The highest BCUT2D eigenvalue weighted by atomic mass is 35.5. The van der Waals surface area contributed by atoms with E-state index in [4.69, 9.17) is 16.3 Å². The van der Waals surface area contributed by atoms with E-state index >= 15 is 0 Å². The molecule has 106 valence electrons. The van der Waals surface area contributed by atoms with Crippen molar-refractivity contribution in [3.8, 4) is 5.75 Å². The molecule has 1 unspecified atom stereocenters. The van der Waals surface area contributed by atoms with E-state index in [0.717, 1.165) is 11.1 Å². The van der Waals surface area contributed by atoms with Gasteiger partial charge >= 0.3 is 0 Å². The molecule has 0 saturated carbocycles. The van der Waals surface area contributed by atoms with Crippen LogP contribution in [0.5, 0.6) is 5.75 Å². The van der Waals surface area contributed by atoms with Crippen molar-refractivity contribution in [2.75, 3.05) is 6.61 Å². The number of alkyl halides is 1. The largest absolute Gasteiger partial charge is 0.493 e. The molecule has 1 rings (SSSR count). The van der Waals surface area contributed by atoms with E-state index in [1.54, 1.807) is 6.92 Å². The quantitative estimate of drug-likeness (QED) is 0.600. The zero-order valence-corrected chi connectivity index (χ0v) is 13.4. The molecule has 0 saturated heterocycles. The Kier molecular flexibility index (Phi) is 5.03. The minimum Gasteiger partial charge on any atom is -0.493 e. The third kappa shape index (κ3) is 3.73. The van der Waals surface area contributed by atoms with E-state index in [-0.39, 0.29) is 11.2 Å². The Morgan fingerprint density at radius 3 is 2.37 bits per heavy atom. The fraction of sp³-hybridized carbons (Fsp3) is 0.562. The molecule has 0 aliphatic rings. The maximum absolute atomic E-state index is 12.3. The van der Waals surface area contributed by atoms with Crippen LogP contribution in [0.1, 0.15) is 56.1 Å². The van der Waals surface area contributed by atoms with Crippen LogP contribution in [0.15, 0.2) is 12.1 Å². The zero-order chi connectivity index (χ0) is 14.8. The van der Waals surface area contributed by atoms with Crippen LogP contribution in [0, 0.1) is 6.92 Å². The van der Waals surface area contributed by atoms with Gasteiger partial charge in [0.1, 0.15) is 5.75 Å². The highest BCUT2D eigenvalue weighted by Crippen LogP contribution is 2.36. The normalized spacial score (nSPS) is 13.2. The molecule has 0 fully saturated rings. The summed E-state index contributed by atoms with van der Waals surface area (Å²) in [5.74, 6) is 0.595. The van der Waals surface area contributed by atoms with Crippen LogP contribution >= 0.6 is 11.6 Å². The average Bonchev–Trinajstić information content (AvgIpc) is 2.28. The number of hydrogen-bond acceptors (Lipinski definition) is 2. The average molecular weight is 283 g/mol. The fourth-order valence-electron chi connectivity index (χ4n) is 2.03. The number of hydrogen-bond donors (Lipinski definition) is 0. The lowest BCUT2D eigenvalue weighted by atomic mass is 9.83. The summed E-state index contributed by atoms with van der Waals surface area (Å²) < 4.78 is 5.74. The molecule has 0 bridgehead atoms. The Hall–Kier alpha value is -1.02. The molecular formula is C16H23ClO2. The van der Waals surface area contributed by atoms with Crippen LogP contribution < -0.4 is 4.74 Å². The molecule has 0 aliphatic heterocycles. The zero-order valence-electron chi connectivity index (χ0n) is 12.6. The Morgan fingerprint density at radius 2 is 1.95 bits per heavy atom. The minimum absolute atomic E-state index is 0.0822. The predicted octanol–water partition coefficient (Wildman–Crippen LogP) is 4.50. The molecule has 0 aromatic heterocycles. The number of aryl methyl sites for hydroxylation is 1. The number of benzene rings is 1. The Balaban J connectivity index is 3.53. The van der Waals surface area contributed by atoms with Crippen molar-refractivity contribution < 1.29 is 9.53 Å². The summed E-state index contributed by atoms with van der Waals surface area (Å²) in [6, 6.07) is 3.95. The summed E-state index contributed by atoms with van der Waals surface area (Å²) in [5, 5.41) is -0.547. The number of carbonyl (C=O) groups is 1. The third-order valence-electron chi connectivity index (χ3n) is 2.96. The molecule has 0 N–H and O–H groups in total. The first-order chi connectivity index (χ1) is 8.68. The van der Waals surface area contributed by atoms with Gasteiger partial charge in [0.05, 0.1) is 17.5 Å². The summed E-state index contributed by atoms with van der Waals surface area (Å²) in [6.07, 6.45) is 0. The lowest BCUT2D eigenvalue weighted by Gasteiger charge is -2.25. The summed E-state index contributed by atoms with van der Waals surface area (Å²) in [7, 11) is 0. The molecule has 1 atom stereocenters. The molecule has 0 aliphatic carbocycles. The second-order valence-electron chi connectivity index (χ2n) is 5.85. The van der Waals surface area contributed by atoms with Crippen molar-refractivity contribution in [3.05, 3.63) is 28.8 Å². The van der Waals surface area contributed by atoms with Crippen LogP contribution in [-0.4, -0.2) is 17.8 Å². The van der Waals surface area contributed by atoms with Crippen LogP contribution in [0.25, 0.3) is 0 Å². The topological polar surface area (TPSA) is 26.3 Å². The van der Waals surface area contributed by atoms with Crippen molar-refractivity contribution >= 4 is 17.4 Å². The second kappa shape index (κ2) is 5.96. The maximum Gasteiger partial charge on any atom is 0.184 e. The first-order valence-corrected chi connectivity index (χ1v) is 7.08. The molecule has 0 radical (unpaired) electrons. The van der Waals surface area contributed by atoms with Gasteiger partial charge in [-0.1, -0.05) is 26.8 Å². The Morgan fingerprint density at radius 1 is 1.37 bits per heavy atom. The minimum atomic E-state index is -0.547. The monoisotopic (exact) mass is 282 g/mol. The summed E-state index contributed by atoms with van der Waals surface area (Å²) in [4.78, 5) is 12.3. The third-order valence-corrected chi connectivity index (χ3v) is 3.15. The Bertz CT molecular complexity index is 470. The van der Waals surface area contributed by atoms with Gasteiger partial charge in [0.25, 0.3) is 0 Å². The van der Waals surface area contributed by atoms with Gasteiger partial charge in [0, 0.05) is 5.56 Å². The van der Waals surface area contributed by atoms with E-state index in [1.807, 2.05) is 19.9 Å². The van der Waals surface area contributed by atoms with Gasteiger partial charge in [-0.15, -0.1) is 11.6 Å². The second-order valence-corrected chi connectivity index (χ2v) is 6.51. The Labute approximate surface area is 121 Å². The first-order valence-electron chi connectivity index (χ1n) is 6.64. The molecular weight excluding hydrogens is 260 g/mol. The number of ether oxygens (including phenoxy) is 1. The van der Waals surface area contributed by atoms with Crippen LogP contribution in [0.2, 0.25) is 0 Å². The number of ketones is 1. The van der Waals surface area contributed by atoms with Gasteiger partial charge < -0.3 is 4.74 Å². The number of carbonyl (C=O) groups excluding carboxylic acids is 1. The molecule has 0 spiro atoms. The highest BCUT2D eigenvalue weighted by molar-refractivity contribution is 6.34. The van der Waals surface area contributed by atoms with E-state index in [1.165, 1.54) is 0 Å². The molecule has 1 aromatic rings. The van der Waals surface area contributed by atoms with Gasteiger partial charge in [-0.25, -0.2) is 0 Å².